The topological polar surface area (TPSA) is 80.7 Å². The Morgan fingerprint density at radius 3 is 2.25 bits per heavy atom. The fraction of sp³-hybridized carbons (Fsp3) is 0. The van der Waals surface area contributed by atoms with Gasteiger partial charge in [-0.25, -0.2) is 4.79 Å². The van der Waals surface area contributed by atoms with E-state index in [4.69, 9.17) is 4.74 Å². The van der Waals surface area contributed by atoms with E-state index in [1.165, 1.54) is 18.2 Å². The molecule has 0 heterocycles. The molecule has 0 aliphatic carbocycles. The fourth-order valence-corrected chi connectivity index (χ4v) is 6.33. The van der Waals surface area contributed by atoms with E-state index in [2.05, 4.69) is 22.6 Å². The molecular weight excluding hydrogens is 673 g/mol. The van der Waals surface area contributed by atoms with Crippen LogP contribution in [-0.2, 0) is 14.9 Å². The summed E-state index contributed by atoms with van der Waals surface area (Å²) in [6.07, 6.45) is 2.93. The Balaban J connectivity index is 2.18. The molecule has 0 bridgehead atoms. The van der Waals surface area contributed by atoms with Crippen molar-refractivity contribution >= 4 is 89.9 Å². The van der Waals surface area contributed by atoms with E-state index in [1.807, 2.05) is 24.3 Å². The van der Waals surface area contributed by atoms with Crippen LogP contribution in [0.1, 0.15) is 5.56 Å². The van der Waals surface area contributed by atoms with E-state index in [9.17, 15) is 17.8 Å². The predicted molar refractivity (Wildman–Crippen MR) is 116 cm³/mol. The first-order valence-corrected chi connectivity index (χ1v) is 11.0. The number of hydrogen-bond donors (Lipinski definition) is 1. The molecule has 0 saturated carbocycles. The Kier molecular flexibility index (Phi) is 7.04. The Morgan fingerprint density at radius 2 is 1.71 bits per heavy atom. The molecule has 0 atom stereocenters. The standard InChI is InChI=1S/C15H9I3O5S/c16-10-3-1-2-9(6-10)4-5-14(19)23-11-7-12(17)15(13(18)8-11)24(20,21)22/h1-8H,(H,20,21,22)/b5-4+. The van der Waals surface area contributed by atoms with Gasteiger partial charge in [0.05, 0.1) is 0 Å². The highest BCUT2D eigenvalue weighted by Gasteiger charge is 2.20. The maximum absolute atomic E-state index is 11.9. The summed E-state index contributed by atoms with van der Waals surface area (Å²) in [6, 6.07) is 10.4. The van der Waals surface area contributed by atoms with Crippen LogP contribution in [0.4, 0.5) is 0 Å². The molecule has 126 valence electrons. The quantitative estimate of drug-likeness (QED) is 0.171. The average Bonchev–Trinajstić information content (AvgIpc) is 2.43. The lowest BCUT2D eigenvalue weighted by Crippen LogP contribution is -2.07. The maximum atomic E-state index is 11.9. The van der Waals surface area contributed by atoms with Gasteiger partial charge >= 0.3 is 5.97 Å². The van der Waals surface area contributed by atoms with Gasteiger partial charge in [0.15, 0.2) is 0 Å². The highest BCUT2D eigenvalue weighted by Crippen LogP contribution is 2.29. The zero-order chi connectivity index (χ0) is 17.9. The second-order valence-electron chi connectivity index (χ2n) is 4.50. The zero-order valence-electron chi connectivity index (χ0n) is 11.7. The summed E-state index contributed by atoms with van der Waals surface area (Å²) in [6.45, 7) is 0. The van der Waals surface area contributed by atoms with Gasteiger partial charge < -0.3 is 4.74 Å². The normalized spacial score (nSPS) is 11.7. The number of rotatable bonds is 4. The minimum atomic E-state index is -4.33. The summed E-state index contributed by atoms with van der Waals surface area (Å²) < 4.78 is 38.6. The molecule has 2 rings (SSSR count). The molecule has 24 heavy (non-hydrogen) atoms. The van der Waals surface area contributed by atoms with Crippen LogP contribution in [0.15, 0.2) is 47.4 Å². The van der Waals surface area contributed by atoms with Gasteiger partial charge in [0.2, 0.25) is 0 Å². The minimum absolute atomic E-state index is 0.196. The first kappa shape index (κ1) is 20.1. The van der Waals surface area contributed by atoms with Crippen molar-refractivity contribution < 1.29 is 22.5 Å². The molecule has 0 amide bonds. The van der Waals surface area contributed by atoms with Crippen LogP contribution in [0.5, 0.6) is 5.75 Å². The predicted octanol–water partition coefficient (Wildman–Crippen LogP) is 4.37. The summed E-state index contributed by atoms with van der Waals surface area (Å²) in [5.41, 5.74) is 0.865. The summed E-state index contributed by atoms with van der Waals surface area (Å²) in [7, 11) is -4.33. The number of benzene rings is 2. The van der Waals surface area contributed by atoms with Crippen molar-refractivity contribution in [2.24, 2.45) is 0 Å². The second kappa shape index (κ2) is 8.42. The van der Waals surface area contributed by atoms with Gasteiger partial charge in [-0.05, 0) is 104 Å². The third-order valence-corrected chi connectivity index (χ3v) is 6.77. The van der Waals surface area contributed by atoms with Crippen molar-refractivity contribution in [2.75, 3.05) is 0 Å². The highest BCUT2D eigenvalue weighted by molar-refractivity contribution is 14.1. The number of halogens is 3. The van der Waals surface area contributed by atoms with E-state index in [0.717, 1.165) is 9.13 Å². The summed E-state index contributed by atoms with van der Waals surface area (Å²) in [5.74, 6) is -0.381. The Hall–Kier alpha value is -0.250. The molecule has 0 aromatic heterocycles. The van der Waals surface area contributed by atoms with Gasteiger partial charge in [0.1, 0.15) is 10.6 Å². The smallest absolute Gasteiger partial charge is 0.336 e. The van der Waals surface area contributed by atoms with Crippen molar-refractivity contribution in [2.45, 2.75) is 4.90 Å². The number of carbonyl (C=O) groups excluding carboxylic acids is 1. The lowest BCUT2D eigenvalue weighted by Gasteiger charge is -2.08. The minimum Gasteiger partial charge on any atom is -0.423 e. The molecule has 0 aliphatic heterocycles. The van der Waals surface area contributed by atoms with E-state index < -0.39 is 16.1 Å². The molecule has 0 aliphatic rings. The molecule has 9 heteroatoms. The first-order chi connectivity index (χ1) is 11.2. The molecule has 0 radical (unpaired) electrons. The van der Waals surface area contributed by atoms with Gasteiger partial charge in [-0.3, -0.25) is 4.55 Å². The summed E-state index contributed by atoms with van der Waals surface area (Å²) in [4.78, 5) is 11.7. The molecule has 0 unspecified atom stereocenters. The van der Waals surface area contributed by atoms with Gasteiger partial charge in [-0.2, -0.15) is 8.42 Å². The van der Waals surface area contributed by atoms with Crippen LogP contribution in [0.2, 0.25) is 0 Å². The van der Waals surface area contributed by atoms with Crippen molar-refractivity contribution in [1.29, 1.82) is 0 Å². The largest absolute Gasteiger partial charge is 0.423 e. The Morgan fingerprint density at radius 1 is 1.08 bits per heavy atom. The van der Waals surface area contributed by atoms with Crippen molar-refractivity contribution in [3.05, 3.63) is 58.7 Å². The molecule has 0 spiro atoms. The van der Waals surface area contributed by atoms with Crippen LogP contribution in [0.3, 0.4) is 0 Å². The number of esters is 1. The number of carbonyl (C=O) groups is 1. The van der Waals surface area contributed by atoms with Gasteiger partial charge in [0.25, 0.3) is 10.1 Å². The molecule has 0 saturated heterocycles. The van der Waals surface area contributed by atoms with Crippen LogP contribution in [0.25, 0.3) is 6.08 Å². The second-order valence-corrected chi connectivity index (χ2v) is 9.43. The Bertz CT molecular complexity index is 899. The van der Waals surface area contributed by atoms with Crippen LogP contribution in [-0.4, -0.2) is 18.9 Å². The Labute approximate surface area is 180 Å². The van der Waals surface area contributed by atoms with E-state index in [0.29, 0.717) is 0 Å². The van der Waals surface area contributed by atoms with E-state index >= 15 is 0 Å². The molecule has 0 fully saturated rings. The average molecular weight is 682 g/mol. The lowest BCUT2D eigenvalue weighted by atomic mass is 10.2. The van der Waals surface area contributed by atoms with Gasteiger partial charge in [-0.15, -0.1) is 0 Å². The summed E-state index contributed by atoms with van der Waals surface area (Å²) in [5, 5.41) is 0. The van der Waals surface area contributed by atoms with Gasteiger partial charge in [0, 0.05) is 16.8 Å². The van der Waals surface area contributed by atoms with E-state index in [1.54, 1.807) is 51.3 Å². The molecular formula is C15H9I3O5S. The number of ether oxygens (including phenoxy) is 1. The van der Waals surface area contributed by atoms with Crippen molar-refractivity contribution in [1.82, 2.24) is 0 Å². The molecule has 5 nitrogen and oxygen atoms in total. The first-order valence-electron chi connectivity index (χ1n) is 6.29. The molecule has 2 aromatic rings. The fourth-order valence-electron chi connectivity index (χ4n) is 1.77. The third kappa shape index (κ3) is 5.64. The van der Waals surface area contributed by atoms with Crippen LogP contribution < -0.4 is 4.74 Å². The van der Waals surface area contributed by atoms with Crippen molar-refractivity contribution in [3.8, 4) is 5.75 Å². The monoisotopic (exact) mass is 682 g/mol. The van der Waals surface area contributed by atoms with Crippen LogP contribution in [0, 0.1) is 10.7 Å². The van der Waals surface area contributed by atoms with E-state index in [-0.39, 0.29) is 17.8 Å². The SMILES string of the molecule is O=C(/C=C/c1cccc(I)c1)Oc1cc(I)c(S(=O)(=O)O)c(I)c1. The van der Waals surface area contributed by atoms with Crippen LogP contribution >= 0.6 is 67.8 Å². The number of hydrogen-bond acceptors (Lipinski definition) is 4. The maximum Gasteiger partial charge on any atom is 0.336 e. The molecule has 1 N–H and O–H groups in total. The summed E-state index contributed by atoms with van der Waals surface area (Å²) >= 11 is 5.70. The van der Waals surface area contributed by atoms with Gasteiger partial charge in [-0.1, -0.05) is 12.1 Å². The zero-order valence-corrected chi connectivity index (χ0v) is 19.0. The highest BCUT2D eigenvalue weighted by atomic mass is 127. The third-order valence-electron chi connectivity index (χ3n) is 2.71. The van der Waals surface area contributed by atoms with Crippen molar-refractivity contribution in [3.63, 3.8) is 0 Å². The lowest BCUT2D eigenvalue weighted by molar-refractivity contribution is -0.128. The molecule has 2 aromatic carbocycles.